The van der Waals surface area contributed by atoms with E-state index in [2.05, 4.69) is 37.8 Å². The van der Waals surface area contributed by atoms with Crippen molar-refractivity contribution in [3.8, 4) is 5.75 Å². The molecule has 18 heavy (non-hydrogen) atoms. The molecule has 0 N–H and O–H groups in total. The number of morpholine rings is 1. The minimum Gasteiger partial charge on any atom is -0.487 e. The van der Waals surface area contributed by atoms with Gasteiger partial charge in [0.05, 0.1) is 13.2 Å². The van der Waals surface area contributed by atoms with Crippen LogP contribution in [0.5, 0.6) is 5.75 Å². The van der Waals surface area contributed by atoms with Gasteiger partial charge in [-0.3, -0.25) is 0 Å². The molecular weight excluding hydrogens is 226 g/mol. The molecule has 1 saturated heterocycles. The number of fused-ring (bicyclic) bond motifs is 1. The summed E-state index contributed by atoms with van der Waals surface area (Å²) in [6.45, 7) is 10.1. The molecule has 2 heterocycles. The molecule has 0 aliphatic carbocycles. The molecule has 3 nitrogen and oxygen atoms in total. The molecule has 1 aromatic carbocycles. The predicted octanol–water partition coefficient (Wildman–Crippen LogP) is 2.55. The molecule has 1 aromatic rings. The van der Waals surface area contributed by atoms with Crippen LogP contribution in [-0.2, 0) is 11.2 Å². The zero-order chi connectivity index (χ0) is 12.8. The zero-order valence-electron chi connectivity index (χ0n) is 11.5. The highest BCUT2D eigenvalue weighted by Crippen LogP contribution is 2.39. The predicted molar refractivity (Wildman–Crippen MR) is 72.6 cm³/mol. The Morgan fingerprint density at radius 2 is 1.89 bits per heavy atom. The Labute approximate surface area is 109 Å². The van der Waals surface area contributed by atoms with Crippen LogP contribution in [0.15, 0.2) is 12.1 Å². The maximum absolute atomic E-state index is 6.02. The summed E-state index contributed by atoms with van der Waals surface area (Å²) in [5.41, 5.74) is 3.93. The number of rotatable bonds is 1. The maximum Gasteiger partial charge on any atom is 0.125 e. The number of ether oxygens (including phenoxy) is 2. The zero-order valence-corrected chi connectivity index (χ0v) is 11.5. The first-order valence-electron chi connectivity index (χ1n) is 6.70. The Bertz CT molecular complexity index is 462. The van der Waals surface area contributed by atoms with Crippen LogP contribution in [0.25, 0.3) is 0 Å². The standard InChI is InChI=1S/C15H21NO2/c1-11-8-12-10-15(2,3)18-14(12)9-13(11)16-4-6-17-7-5-16/h8-9H,4-7,10H2,1-3H3. The van der Waals surface area contributed by atoms with Crippen molar-refractivity contribution >= 4 is 5.69 Å². The van der Waals surface area contributed by atoms with Crippen LogP contribution >= 0.6 is 0 Å². The molecule has 98 valence electrons. The molecule has 1 fully saturated rings. The normalized spacial score (nSPS) is 21.6. The van der Waals surface area contributed by atoms with Gasteiger partial charge in [-0.1, -0.05) is 6.07 Å². The summed E-state index contributed by atoms with van der Waals surface area (Å²) < 4.78 is 11.4. The molecule has 0 bridgehead atoms. The fraction of sp³-hybridized carbons (Fsp3) is 0.600. The van der Waals surface area contributed by atoms with Crippen LogP contribution in [0.1, 0.15) is 25.0 Å². The van der Waals surface area contributed by atoms with Gasteiger partial charge in [-0.25, -0.2) is 0 Å². The van der Waals surface area contributed by atoms with Crippen LogP contribution in [0.2, 0.25) is 0 Å². The fourth-order valence-corrected chi connectivity index (χ4v) is 2.91. The van der Waals surface area contributed by atoms with Gasteiger partial charge < -0.3 is 14.4 Å². The number of benzene rings is 1. The first-order valence-corrected chi connectivity index (χ1v) is 6.70. The van der Waals surface area contributed by atoms with Gasteiger partial charge in [0.2, 0.25) is 0 Å². The number of aryl methyl sites for hydroxylation is 1. The van der Waals surface area contributed by atoms with Crippen LogP contribution in [0.4, 0.5) is 5.69 Å². The third-order valence-electron chi connectivity index (χ3n) is 3.73. The van der Waals surface area contributed by atoms with Crippen LogP contribution < -0.4 is 9.64 Å². The van der Waals surface area contributed by atoms with Crippen LogP contribution in [0.3, 0.4) is 0 Å². The number of nitrogens with zero attached hydrogens (tertiary/aromatic N) is 1. The lowest BCUT2D eigenvalue weighted by molar-refractivity contribution is 0.122. The van der Waals surface area contributed by atoms with Gasteiger partial charge in [-0.05, 0) is 31.9 Å². The lowest BCUT2D eigenvalue weighted by Gasteiger charge is -2.30. The van der Waals surface area contributed by atoms with Gasteiger partial charge >= 0.3 is 0 Å². The van der Waals surface area contributed by atoms with Crippen molar-refractivity contribution in [2.45, 2.75) is 32.8 Å². The second-order valence-electron chi connectivity index (χ2n) is 5.88. The van der Waals surface area contributed by atoms with Crippen molar-refractivity contribution in [3.63, 3.8) is 0 Å². The van der Waals surface area contributed by atoms with Gasteiger partial charge in [-0.15, -0.1) is 0 Å². The Morgan fingerprint density at radius 3 is 2.61 bits per heavy atom. The lowest BCUT2D eigenvalue weighted by atomic mass is 9.99. The van der Waals surface area contributed by atoms with E-state index in [1.54, 1.807) is 0 Å². The molecule has 0 aromatic heterocycles. The highest BCUT2D eigenvalue weighted by Gasteiger charge is 2.31. The van der Waals surface area contributed by atoms with Crippen LogP contribution in [0, 0.1) is 6.92 Å². The second-order valence-corrected chi connectivity index (χ2v) is 5.88. The molecule has 2 aliphatic heterocycles. The number of hydrogen-bond acceptors (Lipinski definition) is 3. The molecular formula is C15H21NO2. The SMILES string of the molecule is Cc1cc2c(cc1N1CCOCC1)OC(C)(C)C2. The quantitative estimate of drug-likeness (QED) is 0.761. The van der Waals surface area contributed by atoms with Gasteiger partial charge in [0.25, 0.3) is 0 Å². The van der Waals surface area contributed by atoms with E-state index in [1.165, 1.54) is 16.8 Å². The molecule has 0 unspecified atom stereocenters. The van der Waals surface area contributed by atoms with Crippen molar-refractivity contribution in [1.82, 2.24) is 0 Å². The van der Waals surface area contributed by atoms with Crippen molar-refractivity contribution in [2.24, 2.45) is 0 Å². The third-order valence-corrected chi connectivity index (χ3v) is 3.73. The first-order chi connectivity index (χ1) is 8.55. The fourth-order valence-electron chi connectivity index (χ4n) is 2.91. The summed E-state index contributed by atoms with van der Waals surface area (Å²) in [4.78, 5) is 2.40. The largest absolute Gasteiger partial charge is 0.487 e. The average molecular weight is 247 g/mol. The van der Waals surface area contributed by atoms with Gasteiger partial charge in [0.15, 0.2) is 0 Å². The second kappa shape index (κ2) is 4.16. The first kappa shape index (κ1) is 11.8. The van der Waals surface area contributed by atoms with Gasteiger partial charge in [-0.2, -0.15) is 0 Å². The summed E-state index contributed by atoms with van der Waals surface area (Å²) in [5.74, 6) is 1.06. The van der Waals surface area contributed by atoms with Crippen molar-refractivity contribution in [2.75, 3.05) is 31.2 Å². The van der Waals surface area contributed by atoms with E-state index in [1.807, 2.05) is 0 Å². The van der Waals surface area contributed by atoms with Crippen molar-refractivity contribution in [1.29, 1.82) is 0 Å². The Balaban J connectivity index is 1.93. The van der Waals surface area contributed by atoms with Gasteiger partial charge in [0.1, 0.15) is 11.4 Å². The monoisotopic (exact) mass is 247 g/mol. The Hall–Kier alpha value is -1.22. The molecule has 0 radical (unpaired) electrons. The van der Waals surface area contributed by atoms with Crippen molar-refractivity contribution < 1.29 is 9.47 Å². The number of hydrogen-bond donors (Lipinski definition) is 0. The molecule has 0 spiro atoms. The smallest absolute Gasteiger partial charge is 0.125 e. The molecule has 0 amide bonds. The van der Waals surface area contributed by atoms with Crippen LogP contribution in [-0.4, -0.2) is 31.9 Å². The molecule has 0 atom stereocenters. The Morgan fingerprint density at radius 1 is 1.17 bits per heavy atom. The molecule has 3 heteroatoms. The maximum atomic E-state index is 6.02. The summed E-state index contributed by atoms with van der Waals surface area (Å²) in [6, 6.07) is 4.50. The summed E-state index contributed by atoms with van der Waals surface area (Å²) in [7, 11) is 0. The molecule has 2 aliphatic rings. The van der Waals surface area contributed by atoms with E-state index in [0.29, 0.717) is 0 Å². The summed E-state index contributed by atoms with van der Waals surface area (Å²) >= 11 is 0. The summed E-state index contributed by atoms with van der Waals surface area (Å²) in [6.07, 6.45) is 1.01. The number of anilines is 1. The van der Waals surface area contributed by atoms with E-state index in [4.69, 9.17) is 9.47 Å². The minimum absolute atomic E-state index is 0.0571. The van der Waals surface area contributed by atoms with E-state index in [9.17, 15) is 0 Å². The van der Waals surface area contributed by atoms with Crippen molar-refractivity contribution in [3.05, 3.63) is 23.3 Å². The third kappa shape index (κ3) is 2.07. The minimum atomic E-state index is -0.0571. The van der Waals surface area contributed by atoms with E-state index < -0.39 is 0 Å². The van der Waals surface area contributed by atoms with E-state index >= 15 is 0 Å². The highest BCUT2D eigenvalue weighted by atomic mass is 16.5. The highest BCUT2D eigenvalue weighted by molar-refractivity contribution is 5.61. The van der Waals surface area contributed by atoms with E-state index in [-0.39, 0.29) is 5.60 Å². The topological polar surface area (TPSA) is 21.7 Å². The molecule has 3 rings (SSSR count). The summed E-state index contributed by atoms with van der Waals surface area (Å²) in [5, 5.41) is 0. The van der Waals surface area contributed by atoms with Gasteiger partial charge in [0, 0.05) is 31.3 Å². The Kier molecular flexibility index (Phi) is 2.74. The molecule has 0 saturated carbocycles. The van der Waals surface area contributed by atoms with E-state index in [0.717, 1.165) is 38.5 Å². The lowest BCUT2D eigenvalue weighted by Crippen LogP contribution is -2.36. The average Bonchev–Trinajstić information content (AvgIpc) is 2.62.